The first kappa shape index (κ1) is 15.2. The van der Waals surface area contributed by atoms with Crippen molar-refractivity contribution in [2.24, 2.45) is 0 Å². The number of H-pyrrole nitrogens is 1. The lowest BCUT2D eigenvalue weighted by molar-refractivity contribution is 0.189. The molecule has 5 nitrogen and oxygen atoms in total. The van der Waals surface area contributed by atoms with Crippen LogP contribution in [0.25, 0.3) is 22.4 Å². The zero-order valence-corrected chi connectivity index (χ0v) is 13.7. The Morgan fingerprint density at radius 2 is 1.83 bits per heavy atom. The molecule has 2 heterocycles. The van der Waals surface area contributed by atoms with Crippen LogP contribution >= 0.6 is 0 Å². The maximum Gasteiger partial charge on any atom is 0.138 e. The molecule has 124 valence electrons. The van der Waals surface area contributed by atoms with Crippen molar-refractivity contribution in [1.82, 2.24) is 14.9 Å². The summed E-state index contributed by atoms with van der Waals surface area (Å²) in [7, 11) is 0. The van der Waals surface area contributed by atoms with E-state index in [2.05, 4.69) is 45.1 Å². The van der Waals surface area contributed by atoms with Gasteiger partial charge in [0.05, 0.1) is 17.6 Å². The minimum absolute atomic E-state index is 0.238. The molecule has 1 aliphatic rings. The summed E-state index contributed by atoms with van der Waals surface area (Å²) < 4.78 is 0. The lowest BCUT2D eigenvalue weighted by Crippen LogP contribution is -2.47. The normalized spacial score (nSPS) is 16.0. The van der Waals surface area contributed by atoms with E-state index in [9.17, 15) is 0 Å². The van der Waals surface area contributed by atoms with Crippen LogP contribution < -0.4 is 4.90 Å². The topological polar surface area (TPSA) is 55.4 Å². The van der Waals surface area contributed by atoms with Crippen molar-refractivity contribution >= 4 is 16.7 Å². The summed E-state index contributed by atoms with van der Waals surface area (Å²) in [5.41, 5.74) is 4.41. The van der Waals surface area contributed by atoms with Gasteiger partial charge in [-0.3, -0.25) is 4.90 Å². The minimum atomic E-state index is 0.238. The molecular formula is C19H22N4O. The van der Waals surface area contributed by atoms with Gasteiger partial charge >= 0.3 is 0 Å². The van der Waals surface area contributed by atoms with Gasteiger partial charge in [-0.15, -0.1) is 0 Å². The third-order valence-corrected chi connectivity index (χ3v) is 4.66. The number of aromatic amines is 1. The van der Waals surface area contributed by atoms with Crippen molar-refractivity contribution in [2.45, 2.75) is 0 Å². The number of anilines is 1. The average molecular weight is 322 g/mol. The average Bonchev–Trinajstić information content (AvgIpc) is 3.07. The molecule has 2 aromatic carbocycles. The van der Waals surface area contributed by atoms with Crippen LogP contribution in [-0.2, 0) is 0 Å². The van der Waals surface area contributed by atoms with E-state index in [1.54, 1.807) is 0 Å². The van der Waals surface area contributed by atoms with E-state index in [1.165, 1.54) is 5.69 Å². The van der Waals surface area contributed by atoms with Gasteiger partial charge < -0.3 is 15.0 Å². The first-order chi connectivity index (χ1) is 11.8. The highest BCUT2D eigenvalue weighted by Gasteiger charge is 2.17. The van der Waals surface area contributed by atoms with Crippen LogP contribution in [0.15, 0.2) is 48.5 Å². The van der Waals surface area contributed by atoms with E-state index in [0.717, 1.165) is 55.1 Å². The first-order valence-corrected chi connectivity index (χ1v) is 8.47. The molecule has 0 amide bonds. The molecule has 1 fully saturated rings. The Balaban J connectivity index is 1.55. The van der Waals surface area contributed by atoms with Gasteiger partial charge in [-0.1, -0.05) is 24.3 Å². The van der Waals surface area contributed by atoms with Crippen LogP contribution in [0.4, 0.5) is 5.69 Å². The number of aliphatic hydroxyl groups excluding tert-OH is 1. The van der Waals surface area contributed by atoms with E-state index >= 15 is 0 Å². The standard InChI is InChI=1S/C19H22N4O/c24-13-12-22-8-10-23(11-9-22)16-5-3-4-15(14-16)19-20-17-6-1-2-7-18(17)21-19/h1-7,14,24H,8-13H2,(H,20,21). The highest BCUT2D eigenvalue weighted by atomic mass is 16.3. The van der Waals surface area contributed by atoms with Gasteiger partial charge in [0, 0.05) is 44.0 Å². The summed E-state index contributed by atoms with van der Waals surface area (Å²) in [5, 5.41) is 9.06. The Morgan fingerprint density at radius 3 is 2.62 bits per heavy atom. The fourth-order valence-corrected chi connectivity index (χ4v) is 3.31. The van der Waals surface area contributed by atoms with Crippen LogP contribution in [-0.4, -0.2) is 59.3 Å². The molecule has 0 radical (unpaired) electrons. The number of β-amino-alcohol motifs (C(OH)–C–C–N with tert-alkyl or cyclic N) is 1. The highest BCUT2D eigenvalue weighted by Crippen LogP contribution is 2.25. The molecule has 0 atom stereocenters. The summed E-state index contributed by atoms with van der Waals surface area (Å²) in [5.74, 6) is 0.914. The minimum Gasteiger partial charge on any atom is -0.395 e. The molecule has 4 rings (SSSR count). The molecule has 1 aromatic heterocycles. The first-order valence-electron chi connectivity index (χ1n) is 8.47. The second kappa shape index (κ2) is 6.63. The van der Waals surface area contributed by atoms with Crippen LogP contribution in [0.5, 0.6) is 0 Å². The Hall–Kier alpha value is -2.37. The van der Waals surface area contributed by atoms with Crippen LogP contribution in [0.1, 0.15) is 0 Å². The molecule has 2 N–H and O–H groups in total. The summed E-state index contributed by atoms with van der Waals surface area (Å²) >= 11 is 0. The number of imidazole rings is 1. The Labute approximate surface area is 141 Å². The molecule has 24 heavy (non-hydrogen) atoms. The second-order valence-electron chi connectivity index (χ2n) is 6.21. The largest absolute Gasteiger partial charge is 0.395 e. The molecular weight excluding hydrogens is 300 g/mol. The zero-order valence-electron chi connectivity index (χ0n) is 13.7. The predicted molar refractivity (Wildman–Crippen MR) is 97.3 cm³/mol. The summed E-state index contributed by atoms with van der Waals surface area (Å²) in [4.78, 5) is 12.8. The van der Waals surface area contributed by atoms with Gasteiger partial charge in [0.25, 0.3) is 0 Å². The number of aliphatic hydroxyl groups is 1. The van der Waals surface area contributed by atoms with E-state index in [1.807, 2.05) is 18.2 Å². The predicted octanol–water partition coefficient (Wildman–Crippen LogP) is 2.34. The molecule has 0 bridgehead atoms. The lowest BCUT2D eigenvalue weighted by atomic mass is 10.1. The van der Waals surface area contributed by atoms with Gasteiger partial charge in [-0.2, -0.15) is 0 Å². The van der Waals surface area contributed by atoms with Crippen molar-refractivity contribution in [3.63, 3.8) is 0 Å². The number of para-hydroxylation sites is 2. The number of piperazine rings is 1. The van der Waals surface area contributed by atoms with E-state index < -0.39 is 0 Å². The van der Waals surface area contributed by atoms with Crippen molar-refractivity contribution < 1.29 is 5.11 Å². The summed E-state index contributed by atoms with van der Waals surface area (Å²) in [6.45, 7) is 4.98. The number of fused-ring (bicyclic) bond motifs is 1. The molecule has 3 aromatic rings. The van der Waals surface area contributed by atoms with E-state index in [-0.39, 0.29) is 6.61 Å². The van der Waals surface area contributed by atoms with Gasteiger partial charge in [-0.05, 0) is 24.3 Å². The SMILES string of the molecule is OCCN1CCN(c2cccc(-c3nc4ccccc4[nH]3)c2)CC1. The number of hydrogen-bond acceptors (Lipinski definition) is 4. The number of nitrogens with zero attached hydrogens (tertiary/aromatic N) is 3. The van der Waals surface area contributed by atoms with Crippen LogP contribution in [0.2, 0.25) is 0 Å². The number of benzene rings is 2. The quantitative estimate of drug-likeness (QED) is 0.774. The Bertz CT molecular complexity index is 788. The maximum atomic E-state index is 9.06. The molecule has 0 aliphatic carbocycles. The Morgan fingerprint density at radius 1 is 1.00 bits per heavy atom. The maximum absolute atomic E-state index is 9.06. The highest BCUT2D eigenvalue weighted by molar-refractivity contribution is 5.79. The molecule has 0 spiro atoms. The summed E-state index contributed by atoms with van der Waals surface area (Å²) in [6, 6.07) is 16.7. The monoisotopic (exact) mass is 322 g/mol. The van der Waals surface area contributed by atoms with Crippen molar-refractivity contribution in [3.05, 3.63) is 48.5 Å². The van der Waals surface area contributed by atoms with Crippen molar-refractivity contribution in [2.75, 3.05) is 44.2 Å². The van der Waals surface area contributed by atoms with Crippen molar-refractivity contribution in [3.8, 4) is 11.4 Å². The lowest BCUT2D eigenvalue weighted by Gasteiger charge is -2.35. The second-order valence-corrected chi connectivity index (χ2v) is 6.21. The van der Waals surface area contributed by atoms with Crippen molar-refractivity contribution in [1.29, 1.82) is 0 Å². The van der Waals surface area contributed by atoms with E-state index in [4.69, 9.17) is 10.1 Å². The zero-order chi connectivity index (χ0) is 16.4. The smallest absolute Gasteiger partial charge is 0.138 e. The van der Waals surface area contributed by atoms with Gasteiger partial charge in [-0.25, -0.2) is 4.98 Å². The molecule has 0 unspecified atom stereocenters. The third-order valence-electron chi connectivity index (χ3n) is 4.66. The fraction of sp³-hybridized carbons (Fsp3) is 0.316. The van der Waals surface area contributed by atoms with Crippen LogP contribution in [0.3, 0.4) is 0 Å². The molecule has 5 heteroatoms. The van der Waals surface area contributed by atoms with Gasteiger partial charge in [0.15, 0.2) is 0 Å². The third kappa shape index (κ3) is 3.00. The number of rotatable bonds is 4. The summed E-state index contributed by atoms with van der Waals surface area (Å²) in [6.07, 6.45) is 0. The molecule has 0 saturated carbocycles. The Kier molecular flexibility index (Phi) is 4.19. The van der Waals surface area contributed by atoms with Gasteiger partial charge in [0.1, 0.15) is 5.82 Å². The van der Waals surface area contributed by atoms with Crippen LogP contribution in [0, 0.1) is 0 Å². The molecule has 1 saturated heterocycles. The molecule has 1 aliphatic heterocycles. The van der Waals surface area contributed by atoms with Gasteiger partial charge in [0.2, 0.25) is 0 Å². The number of aromatic nitrogens is 2. The van der Waals surface area contributed by atoms with E-state index in [0.29, 0.717) is 0 Å². The number of nitrogens with one attached hydrogen (secondary N) is 1. The fourth-order valence-electron chi connectivity index (χ4n) is 3.31. The number of hydrogen-bond donors (Lipinski definition) is 2.